The number of rotatable bonds is 13. The molecular formula is C34H36BN11O4. The van der Waals surface area contributed by atoms with Gasteiger partial charge in [0.1, 0.15) is 25.5 Å². The van der Waals surface area contributed by atoms with Crippen molar-refractivity contribution in [3.8, 4) is 0 Å². The Bertz CT molecular complexity index is 2290. The van der Waals surface area contributed by atoms with Gasteiger partial charge in [-0.2, -0.15) is 10.2 Å². The molecule has 254 valence electrons. The maximum atomic E-state index is 13.4. The Morgan fingerprint density at radius 2 is 1.36 bits per heavy atom. The lowest BCUT2D eigenvalue weighted by molar-refractivity contribution is 0.0994. The van der Waals surface area contributed by atoms with Gasteiger partial charge in [0.25, 0.3) is 11.8 Å². The molecular weight excluding hydrogens is 637 g/mol. The van der Waals surface area contributed by atoms with Crippen LogP contribution >= 0.6 is 0 Å². The summed E-state index contributed by atoms with van der Waals surface area (Å²) in [6.07, 6.45) is 1.91. The smallest absolute Gasteiger partial charge is 0.276 e. The highest BCUT2D eigenvalue weighted by Gasteiger charge is 2.21. The zero-order valence-corrected chi connectivity index (χ0v) is 28.2. The van der Waals surface area contributed by atoms with Crippen molar-refractivity contribution in [2.45, 2.75) is 66.7 Å². The van der Waals surface area contributed by atoms with Crippen LogP contribution in [0.15, 0.2) is 42.5 Å². The van der Waals surface area contributed by atoms with Gasteiger partial charge in [0, 0.05) is 37.3 Å². The van der Waals surface area contributed by atoms with Gasteiger partial charge >= 0.3 is 0 Å². The lowest BCUT2D eigenvalue weighted by Crippen LogP contribution is -2.21. The number of aryl methyl sites for hydroxylation is 6. The molecule has 2 radical (unpaired) electrons. The molecule has 0 fully saturated rings. The summed E-state index contributed by atoms with van der Waals surface area (Å²) in [5.41, 5.74) is 11.0. The lowest BCUT2D eigenvalue weighted by atomic mass is 9.92. The van der Waals surface area contributed by atoms with E-state index in [4.69, 9.17) is 13.6 Å². The molecule has 0 aliphatic heterocycles. The molecule has 15 nitrogen and oxygen atoms in total. The van der Waals surface area contributed by atoms with Crippen LogP contribution in [0.4, 0.5) is 11.9 Å². The topological polar surface area (TPSA) is 190 Å². The molecule has 0 aliphatic rings. The number of hydrogen-bond donors (Lipinski definition) is 3. The van der Waals surface area contributed by atoms with Crippen LogP contribution in [0.5, 0.6) is 0 Å². The molecule has 2 aromatic carbocycles. The van der Waals surface area contributed by atoms with E-state index in [1.54, 1.807) is 51.8 Å². The van der Waals surface area contributed by atoms with Gasteiger partial charge in [0.2, 0.25) is 17.8 Å². The van der Waals surface area contributed by atoms with Crippen LogP contribution in [0.1, 0.15) is 79.8 Å². The zero-order valence-electron chi connectivity index (χ0n) is 28.2. The minimum absolute atomic E-state index is 0.282. The van der Waals surface area contributed by atoms with E-state index in [-0.39, 0.29) is 17.8 Å². The van der Waals surface area contributed by atoms with E-state index in [1.807, 2.05) is 36.8 Å². The molecule has 0 unspecified atom stereocenters. The minimum atomic E-state index is -0.585. The number of carbonyl (C=O) groups excluding carboxylic acids is 4. The number of nitrogens with two attached hydrogens (primary N) is 1. The fourth-order valence-corrected chi connectivity index (χ4v) is 6.12. The number of hydrogen-bond acceptors (Lipinski definition) is 8. The number of unbranched alkanes of at least 4 members (excludes halogenated alkanes) is 1. The van der Waals surface area contributed by atoms with Crippen molar-refractivity contribution in [1.82, 2.24) is 38.7 Å². The van der Waals surface area contributed by atoms with E-state index in [1.165, 1.54) is 0 Å². The Morgan fingerprint density at radius 1 is 0.800 bits per heavy atom. The molecule has 16 heteroatoms. The van der Waals surface area contributed by atoms with E-state index >= 15 is 0 Å². The van der Waals surface area contributed by atoms with E-state index < -0.39 is 5.91 Å². The monoisotopic (exact) mass is 673 g/mol. The second-order valence-corrected chi connectivity index (χ2v) is 11.9. The van der Waals surface area contributed by atoms with Crippen molar-refractivity contribution in [2.24, 2.45) is 5.73 Å². The Morgan fingerprint density at radius 3 is 1.92 bits per heavy atom. The van der Waals surface area contributed by atoms with Crippen LogP contribution in [-0.2, 0) is 26.2 Å². The van der Waals surface area contributed by atoms with Crippen LogP contribution in [0.2, 0.25) is 0 Å². The van der Waals surface area contributed by atoms with Crippen LogP contribution in [0.3, 0.4) is 0 Å². The summed E-state index contributed by atoms with van der Waals surface area (Å²) >= 11 is 0. The minimum Gasteiger partial charge on any atom is -0.366 e. The molecule has 4 N–H and O–H groups in total. The first-order valence-corrected chi connectivity index (χ1v) is 16.3. The Balaban J connectivity index is 1.28. The predicted octanol–water partition coefficient (Wildman–Crippen LogP) is 3.13. The number of primary amides is 1. The van der Waals surface area contributed by atoms with E-state index in [9.17, 15) is 19.2 Å². The average Bonchev–Trinajstić information content (AvgIpc) is 3.85. The third-order valence-corrected chi connectivity index (χ3v) is 8.40. The summed E-state index contributed by atoms with van der Waals surface area (Å²) in [5.74, 6) is -0.738. The predicted molar refractivity (Wildman–Crippen MR) is 189 cm³/mol. The number of amides is 3. The molecule has 0 aliphatic carbocycles. The highest BCUT2D eigenvalue weighted by atomic mass is 16.2. The van der Waals surface area contributed by atoms with E-state index in [0.717, 1.165) is 0 Å². The lowest BCUT2D eigenvalue weighted by Gasteiger charge is -2.13. The Hall–Kier alpha value is -6.06. The van der Waals surface area contributed by atoms with Gasteiger partial charge in [-0.25, -0.2) is 9.97 Å². The molecule has 0 bridgehead atoms. The summed E-state index contributed by atoms with van der Waals surface area (Å²) < 4.78 is 6.95. The number of nitrogens with zero attached hydrogens (tertiary/aromatic N) is 8. The molecule has 6 rings (SSSR count). The number of imidazole rings is 2. The highest BCUT2D eigenvalue weighted by Crippen LogP contribution is 2.25. The van der Waals surface area contributed by atoms with Crippen LogP contribution < -0.4 is 21.8 Å². The summed E-state index contributed by atoms with van der Waals surface area (Å²) in [5, 5.41) is 14.6. The number of aromatic nitrogens is 8. The molecule has 0 saturated carbocycles. The van der Waals surface area contributed by atoms with Crippen molar-refractivity contribution in [1.29, 1.82) is 0 Å². The van der Waals surface area contributed by atoms with Crippen LogP contribution in [0, 0.1) is 13.8 Å². The fraction of sp³-hybridized carbons (Fsp3) is 0.294. The number of fused-ring (bicyclic) bond motifs is 2. The molecule has 0 spiro atoms. The van der Waals surface area contributed by atoms with Gasteiger partial charge in [0.05, 0.1) is 33.5 Å². The number of carbonyl (C=O) groups is 4. The van der Waals surface area contributed by atoms with Crippen LogP contribution in [-0.4, -0.2) is 70.5 Å². The third kappa shape index (κ3) is 6.51. The van der Waals surface area contributed by atoms with Crippen LogP contribution in [0.25, 0.3) is 22.1 Å². The molecule has 0 saturated heterocycles. The van der Waals surface area contributed by atoms with Crippen molar-refractivity contribution in [3.63, 3.8) is 0 Å². The van der Waals surface area contributed by atoms with Crippen molar-refractivity contribution >= 4 is 71.3 Å². The van der Waals surface area contributed by atoms with Gasteiger partial charge in [-0.15, -0.1) is 0 Å². The summed E-state index contributed by atoms with van der Waals surface area (Å²) in [4.78, 5) is 59.6. The standard InChI is InChI=1S/C34H36BN11O4/c1-5-45-27(13-19(3)41-45)31(49)39-33-37-24-17-22(30(36)48)9-10-26(24)43(33)11-7-8-12-44-29-23(35)15-21(18-47)16-25(29)38-34(44)40-32(50)28-14-20(4)42-46(28)6-2/h9-10,13-18H,5-8,11-12H2,1-4H3,(H2,36,48)(H,37,39,49)(H,38,40,50). The third-order valence-electron chi connectivity index (χ3n) is 8.40. The number of aldehydes is 1. The molecule has 6 aromatic rings. The normalized spacial score (nSPS) is 11.4. The average molecular weight is 674 g/mol. The van der Waals surface area contributed by atoms with E-state index in [0.29, 0.717) is 113 Å². The second kappa shape index (κ2) is 13.8. The quantitative estimate of drug-likeness (QED) is 0.0947. The summed E-state index contributed by atoms with van der Waals surface area (Å²) in [6, 6.07) is 11.6. The molecule has 50 heavy (non-hydrogen) atoms. The first-order chi connectivity index (χ1) is 24.0. The van der Waals surface area contributed by atoms with Gasteiger partial charge in [-0.05, 0) is 76.9 Å². The van der Waals surface area contributed by atoms with Crippen molar-refractivity contribution in [2.75, 3.05) is 10.6 Å². The first kappa shape index (κ1) is 33.8. The summed E-state index contributed by atoms with van der Waals surface area (Å²) in [6.45, 7) is 9.33. The van der Waals surface area contributed by atoms with Gasteiger partial charge in [-0.1, -0.05) is 11.5 Å². The second-order valence-electron chi connectivity index (χ2n) is 11.9. The molecule has 3 amide bonds. The Labute approximate surface area is 288 Å². The molecule has 4 heterocycles. The van der Waals surface area contributed by atoms with Gasteiger partial charge in [0.15, 0.2) is 0 Å². The number of nitrogens with one attached hydrogen (secondary N) is 2. The number of benzene rings is 2. The van der Waals surface area contributed by atoms with Gasteiger partial charge < -0.3 is 14.9 Å². The molecule has 4 aromatic heterocycles. The summed E-state index contributed by atoms with van der Waals surface area (Å²) in [7, 11) is 6.41. The zero-order chi connectivity index (χ0) is 35.7. The highest BCUT2D eigenvalue weighted by molar-refractivity contribution is 6.38. The number of anilines is 2. The maximum Gasteiger partial charge on any atom is 0.276 e. The Kier molecular flexibility index (Phi) is 9.35. The van der Waals surface area contributed by atoms with E-state index in [2.05, 4.69) is 30.8 Å². The van der Waals surface area contributed by atoms with Gasteiger partial charge in [-0.3, -0.25) is 39.2 Å². The first-order valence-electron chi connectivity index (χ1n) is 16.3. The van der Waals surface area contributed by atoms with Crippen molar-refractivity contribution in [3.05, 3.63) is 76.4 Å². The molecule has 0 atom stereocenters. The fourth-order valence-electron chi connectivity index (χ4n) is 6.12. The largest absolute Gasteiger partial charge is 0.366 e. The maximum absolute atomic E-state index is 13.4. The van der Waals surface area contributed by atoms with Crippen molar-refractivity contribution < 1.29 is 19.2 Å². The SMILES string of the molecule is [B]c1cc(C=O)cc2nc(NC(=O)c3cc(C)nn3CC)n(CCCCn3c(NC(=O)c4cc(C)nn4CC)nc4cc(C(N)=O)ccc43)c12.